The minimum Gasteiger partial charge on any atom is -0.456 e. The van der Waals surface area contributed by atoms with Crippen LogP contribution in [0.3, 0.4) is 0 Å². The summed E-state index contributed by atoms with van der Waals surface area (Å²) in [5.74, 6) is 0.799. The number of amidine groups is 1. The summed E-state index contributed by atoms with van der Waals surface area (Å²) >= 11 is 0. The lowest BCUT2D eigenvalue weighted by molar-refractivity contribution is 0.669. The van der Waals surface area contributed by atoms with Gasteiger partial charge in [-0.05, 0) is 69.3 Å². The maximum atomic E-state index is 6.65. The summed E-state index contributed by atoms with van der Waals surface area (Å²) in [4.78, 5) is 10.8. The number of nitrogens with one attached hydrogen (secondary N) is 1. The first-order chi connectivity index (χ1) is 31.2. The Bertz CT molecular complexity index is 3550. The van der Waals surface area contributed by atoms with Gasteiger partial charge in [0.05, 0.1) is 22.9 Å². The van der Waals surface area contributed by atoms with Crippen molar-refractivity contribution in [2.45, 2.75) is 6.04 Å². The maximum absolute atomic E-state index is 6.65. The van der Waals surface area contributed by atoms with Gasteiger partial charge in [0.25, 0.3) is 0 Å². The molecule has 4 heteroatoms. The molecule has 1 unspecified atom stereocenters. The van der Waals surface area contributed by atoms with Crippen molar-refractivity contribution in [3.8, 4) is 44.6 Å². The third-order valence-corrected chi connectivity index (χ3v) is 12.3. The van der Waals surface area contributed by atoms with E-state index in [1.807, 2.05) is 6.07 Å². The van der Waals surface area contributed by atoms with Crippen LogP contribution in [0.25, 0.3) is 93.9 Å². The smallest absolute Gasteiger partial charge is 0.136 e. The first-order valence-electron chi connectivity index (χ1n) is 21.4. The van der Waals surface area contributed by atoms with Crippen LogP contribution in [-0.4, -0.2) is 10.8 Å². The van der Waals surface area contributed by atoms with Gasteiger partial charge in [0, 0.05) is 43.6 Å². The van der Waals surface area contributed by atoms with Crippen molar-refractivity contribution < 1.29 is 4.42 Å². The number of para-hydroxylation sites is 2. The molecule has 1 aliphatic rings. The summed E-state index contributed by atoms with van der Waals surface area (Å²) in [6, 6.07) is 76.9. The molecule has 1 atom stereocenters. The Balaban J connectivity index is 1.02. The number of fused-ring (bicyclic) bond motifs is 6. The number of rotatable bonds is 7. The summed E-state index contributed by atoms with van der Waals surface area (Å²) in [5.41, 5.74) is 15.6. The molecule has 2 aromatic heterocycles. The average molecular weight is 806 g/mol. The molecule has 63 heavy (non-hydrogen) atoms. The number of hydrogen-bond acceptors (Lipinski definition) is 4. The molecular formula is C59H39N3O. The molecular weight excluding hydrogens is 767 g/mol. The highest BCUT2D eigenvalue weighted by Gasteiger charge is 2.24. The first-order valence-corrected chi connectivity index (χ1v) is 21.4. The molecule has 0 saturated carbocycles. The lowest BCUT2D eigenvalue weighted by Gasteiger charge is -2.25. The molecule has 9 aromatic carbocycles. The lowest BCUT2D eigenvalue weighted by Crippen LogP contribution is -2.31. The van der Waals surface area contributed by atoms with E-state index in [1.54, 1.807) is 0 Å². The van der Waals surface area contributed by atoms with Gasteiger partial charge in [0.1, 0.15) is 17.0 Å². The fraction of sp³-hybridized carbons (Fsp3) is 0.0169. The molecule has 1 aliphatic heterocycles. The van der Waals surface area contributed by atoms with E-state index in [0.29, 0.717) is 0 Å². The van der Waals surface area contributed by atoms with E-state index in [4.69, 9.17) is 14.4 Å². The highest BCUT2D eigenvalue weighted by molar-refractivity contribution is 6.27. The van der Waals surface area contributed by atoms with Gasteiger partial charge in [-0.3, -0.25) is 0 Å². The monoisotopic (exact) mass is 805 g/mol. The van der Waals surface area contributed by atoms with E-state index < -0.39 is 0 Å². The number of nitrogens with zero attached hydrogens (tertiary/aromatic N) is 2. The van der Waals surface area contributed by atoms with Crippen LogP contribution in [0.5, 0.6) is 0 Å². The second kappa shape index (κ2) is 15.3. The molecule has 12 rings (SSSR count). The summed E-state index contributed by atoms with van der Waals surface area (Å²) in [6.45, 7) is 0. The fourth-order valence-electron chi connectivity index (χ4n) is 9.25. The largest absolute Gasteiger partial charge is 0.456 e. The molecule has 0 bridgehead atoms. The molecule has 4 nitrogen and oxygen atoms in total. The van der Waals surface area contributed by atoms with Gasteiger partial charge < -0.3 is 9.73 Å². The number of aromatic nitrogens is 1. The van der Waals surface area contributed by atoms with Crippen LogP contribution in [0.4, 0.5) is 0 Å². The Kier molecular flexibility index (Phi) is 8.86. The van der Waals surface area contributed by atoms with Crippen LogP contribution in [0, 0.1) is 0 Å². The first kappa shape index (κ1) is 36.5. The Morgan fingerprint density at radius 2 is 0.952 bits per heavy atom. The number of benzene rings is 9. The van der Waals surface area contributed by atoms with Gasteiger partial charge in [-0.1, -0.05) is 194 Å². The zero-order valence-electron chi connectivity index (χ0n) is 34.2. The minimum atomic E-state index is -0.121. The summed E-state index contributed by atoms with van der Waals surface area (Å²) in [7, 11) is 0. The highest BCUT2D eigenvalue weighted by atomic mass is 16.3. The van der Waals surface area contributed by atoms with Crippen molar-refractivity contribution in [1.82, 2.24) is 10.3 Å². The van der Waals surface area contributed by atoms with Crippen molar-refractivity contribution in [3.05, 3.63) is 241 Å². The Morgan fingerprint density at radius 3 is 1.67 bits per heavy atom. The van der Waals surface area contributed by atoms with E-state index >= 15 is 0 Å². The quantitative estimate of drug-likeness (QED) is 0.163. The van der Waals surface area contributed by atoms with E-state index in [9.17, 15) is 0 Å². The van der Waals surface area contributed by atoms with Crippen molar-refractivity contribution in [2.75, 3.05) is 0 Å². The van der Waals surface area contributed by atoms with Gasteiger partial charge >= 0.3 is 0 Å². The molecule has 0 amide bonds. The Hall–Kier alpha value is -8.34. The van der Waals surface area contributed by atoms with Gasteiger partial charge in [-0.25, -0.2) is 9.98 Å². The van der Waals surface area contributed by atoms with Crippen molar-refractivity contribution >= 4 is 55.1 Å². The molecule has 11 aromatic rings. The van der Waals surface area contributed by atoms with Crippen molar-refractivity contribution in [1.29, 1.82) is 0 Å². The normalized spacial score (nSPS) is 13.9. The topological polar surface area (TPSA) is 50.4 Å². The molecule has 296 valence electrons. The van der Waals surface area contributed by atoms with E-state index in [-0.39, 0.29) is 6.04 Å². The fourth-order valence-corrected chi connectivity index (χ4v) is 9.25. The second-order valence-electron chi connectivity index (χ2n) is 16.1. The zero-order valence-corrected chi connectivity index (χ0v) is 34.2. The second-order valence-corrected chi connectivity index (χ2v) is 16.1. The maximum Gasteiger partial charge on any atom is 0.136 e. The van der Waals surface area contributed by atoms with Crippen LogP contribution >= 0.6 is 0 Å². The molecule has 1 N–H and O–H groups in total. The highest BCUT2D eigenvalue weighted by Crippen LogP contribution is 2.46. The molecule has 0 fully saturated rings. The third kappa shape index (κ3) is 6.57. The van der Waals surface area contributed by atoms with Crippen molar-refractivity contribution in [2.24, 2.45) is 4.99 Å². The van der Waals surface area contributed by atoms with E-state index in [1.165, 1.54) is 22.3 Å². The van der Waals surface area contributed by atoms with Crippen LogP contribution in [-0.2, 0) is 0 Å². The molecule has 0 saturated heterocycles. The zero-order chi connectivity index (χ0) is 41.7. The number of pyridine rings is 1. The van der Waals surface area contributed by atoms with Crippen LogP contribution < -0.4 is 5.32 Å². The number of aliphatic imine (C=N–C) groups is 1. The van der Waals surface area contributed by atoms with Crippen LogP contribution in [0.2, 0.25) is 0 Å². The molecule has 0 aliphatic carbocycles. The predicted octanol–water partition coefficient (Wildman–Crippen LogP) is 15.1. The summed E-state index contributed by atoms with van der Waals surface area (Å²) in [5, 5.41) is 9.34. The molecule has 0 radical (unpaired) electrons. The Labute approximate surface area is 365 Å². The van der Waals surface area contributed by atoms with Gasteiger partial charge in [0.2, 0.25) is 0 Å². The average Bonchev–Trinajstić information content (AvgIpc) is 3.74. The van der Waals surface area contributed by atoms with Gasteiger partial charge in [0.15, 0.2) is 0 Å². The third-order valence-electron chi connectivity index (χ3n) is 12.3. The summed E-state index contributed by atoms with van der Waals surface area (Å²) in [6.07, 6.45) is 2.24. The van der Waals surface area contributed by atoms with E-state index in [2.05, 4.69) is 224 Å². The van der Waals surface area contributed by atoms with Crippen LogP contribution in [0.1, 0.15) is 22.7 Å². The molecule has 0 spiro atoms. The predicted molar refractivity (Wildman–Crippen MR) is 262 cm³/mol. The minimum absolute atomic E-state index is 0.121. The standard InChI is InChI=1S/C59H39N3O/c1-4-15-38(16-5-1)40-27-31-42(32-28-40)51-37-52(43-33-29-41(30-34-43)39-17-6-2-7-18-39)62-59(61-51)46-22-14-21-45(35-46)58-49-36-54-57(48-24-11-13-26-53(48)63-54)55(44-19-8-3-9-20-44)56(49)47-23-10-12-25-50(47)60-58/h1-37,51H,(H,61,62). The number of hydrogen-bond donors (Lipinski definition) is 1. The van der Waals surface area contributed by atoms with Crippen LogP contribution in [0.15, 0.2) is 234 Å². The van der Waals surface area contributed by atoms with E-state index in [0.717, 1.165) is 94.2 Å². The van der Waals surface area contributed by atoms with Gasteiger partial charge in [-0.15, -0.1) is 0 Å². The van der Waals surface area contributed by atoms with Gasteiger partial charge in [-0.2, -0.15) is 0 Å². The Morgan fingerprint density at radius 1 is 0.397 bits per heavy atom. The summed E-state index contributed by atoms with van der Waals surface area (Å²) < 4.78 is 6.65. The van der Waals surface area contributed by atoms with Crippen molar-refractivity contribution in [3.63, 3.8) is 0 Å². The molecule has 3 heterocycles. The number of furan rings is 1. The lowest BCUT2D eigenvalue weighted by atomic mass is 9.89. The SMILES string of the molecule is C1=C(c2ccc(-c3ccccc3)cc2)N=C(c2cccc(-c3nc4ccccc4c4c(-c5ccccc5)c5c(cc34)oc3ccccc35)c2)NC1c1ccc(-c2ccccc2)cc1.